The number of aliphatic hydroxyl groups excluding tert-OH is 1. The summed E-state index contributed by atoms with van der Waals surface area (Å²) in [6.07, 6.45) is 3.14. The van der Waals surface area contributed by atoms with Crippen molar-refractivity contribution >= 4 is 0 Å². The Kier molecular flexibility index (Phi) is 2.83. The number of aliphatic hydroxyl groups is 1. The Hall–Kier alpha value is -0.820. The van der Waals surface area contributed by atoms with Crippen molar-refractivity contribution in [2.24, 2.45) is 5.92 Å². The summed E-state index contributed by atoms with van der Waals surface area (Å²) in [6.45, 7) is 6.42. The van der Waals surface area contributed by atoms with Crippen LogP contribution in [0.5, 0.6) is 0 Å². The van der Waals surface area contributed by atoms with E-state index in [0.717, 1.165) is 6.42 Å². The second kappa shape index (κ2) is 3.97. The molecule has 1 aromatic rings. The minimum absolute atomic E-state index is 0.120. The minimum atomic E-state index is -0.120. The molecule has 0 aliphatic heterocycles. The molecule has 0 radical (unpaired) electrons. The predicted molar refractivity (Wildman–Crippen MR) is 63.1 cm³/mol. The molecule has 0 spiro atoms. The summed E-state index contributed by atoms with van der Waals surface area (Å²) in [5.41, 5.74) is 5.31. The van der Waals surface area contributed by atoms with Crippen molar-refractivity contribution in [1.29, 1.82) is 0 Å². The van der Waals surface area contributed by atoms with Crippen LogP contribution >= 0.6 is 0 Å². The fourth-order valence-electron chi connectivity index (χ4n) is 2.39. The highest BCUT2D eigenvalue weighted by Gasteiger charge is 2.30. The zero-order chi connectivity index (χ0) is 11.0. The maximum atomic E-state index is 9.96. The Morgan fingerprint density at radius 2 is 1.73 bits per heavy atom. The summed E-state index contributed by atoms with van der Waals surface area (Å²) in [5.74, 6) is 0.574. The fraction of sp³-hybridized carbons (Fsp3) is 0.571. The van der Waals surface area contributed by atoms with Crippen LogP contribution in [0.3, 0.4) is 0 Å². The van der Waals surface area contributed by atoms with Crippen LogP contribution in [-0.4, -0.2) is 11.2 Å². The highest BCUT2D eigenvalue weighted by Crippen LogP contribution is 2.34. The molecular weight excluding hydrogens is 184 g/mol. The van der Waals surface area contributed by atoms with E-state index in [4.69, 9.17) is 0 Å². The molecule has 1 atom stereocenters. The van der Waals surface area contributed by atoms with Gasteiger partial charge in [0.2, 0.25) is 0 Å². The Morgan fingerprint density at radius 1 is 1.20 bits per heavy atom. The number of hydrogen-bond acceptors (Lipinski definition) is 1. The van der Waals surface area contributed by atoms with Crippen LogP contribution in [0, 0.1) is 26.7 Å². The van der Waals surface area contributed by atoms with Gasteiger partial charge in [-0.25, -0.2) is 0 Å². The average Bonchev–Trinajstić information content (AvgIpc) is 2.93. The molecule has 1 N–H and O–H groups in total. The zero-order valence-corrected chi connectivity index (χ0v) is 9.88. The molecule has 0 saturated heterocycles. The van der Waals surface area contributed by atoms with E-state index in [0.29, 0.717) is 5.92 Å². The van der Waals surface area contributed by atoms with E-state index in [1.807, 2.05) is 0 Å². The zero-order valence-electron chi connectivity index (χ0n) is 9.88. The van der Waals surface area contributed by atoms with Gasteiger partial charge in [0.05, 0.1) is 6.10 Å². The molecule has 1 saturated carbocycles. The largest absolute Gasteiger partial charge is 0.392 e. The fourth-order valence-corrected chi connectivity index (χ4v) is 2.39. The van der Waals surface area contributed by atoms with Crippen LogP contribution in [-0.2, 0) is 6.42 Å². The van der Waals surface area contributed by atoms with Crippen molar-refractivity contribution in [2.75, 3.05) is 0 Å². The molecule has 82 valence electrons. The van der Waals surface area contributed by atoms with E-state index in [-0.39, 0.29) is 6.10 Å². The van der Waals surface area contributed by atoms with Gasteiger partial charge < -0.3 is 5.11 Å². The molecule has 0 amide bonds. The molecule has 1 heteroatoms. The van der Waals surface area contributed by atoms with E-state index in [9.17, 15) is 5.11 Å². The van der Waals surface area contributed by atoms with Crippen LogP contribution < -0.4 is 0 Å². The lowest BCUT2D eigenvalue weighted by Crippen LogP contribution is -2.14. The second-order valence-corrected chi connectivity index (χ2v) is 4.99. The predicted octanol–water partition coefficient (Wildman–Crippen LogP) is 2.93. The molecule has 15 heavy (non-hydrogen) atoms. The summed E-state index contributed by atoms with van der Waals surface area (Å²) >= 11 is 0. The first kappa shape index (κ1) is 10.7. The Labute approximate surface area is 92.1 Å². The number of aryl methyl sites for hydroxylation is 3. The van der Waals surface area contributed by atoms with E-state index >= 15 is 0 Å². The molecular formula is C14H20O. The summed E-state index contributed by atoms with van der Waals surface area (Å²) < 4.78 is 0. The van der Waals surface area contributed by atoms with Crippen molar-refractivity contribution in [3.8, 4) is 0 Å². The first-order valence-electron chi connectivity index (χ1n) is 5.82. The van der Waals surface area contributed by atoms with E-state index in [1.54, 1.807) is 0 Å². The van der Waals surface area contributed by atoms with Crippen LogP contribution in [0.2, 0.25) is 0 Å². The smallest absolute Gasteiger partial charge is 0.0608 e. The maximum Gasteiger partial charge on any atom is 0.0608 e. The van der Waals surface area contributed by atoms with Gasteiger partial charge in [0.1, 0.15) is 0 Å². The van der Waals surface area contributed by atoms with Crippen molar-refractivity contribution in [2.45, 2.75) is 46.1 Å². The van der Waals surface area contributed by atoms with Crippen LogP contribution in [0.15, 0.2) is 12.1 Å². The topological polar surface area (TPSA) is 20.2 Å². The molecule has 0 aromatic heterocycles. The molecule has 1 unspecified atom stereocenters. The van der Waals surface area contributed by atoms with Gasteiger partial charge in [-0.15, -0.1) is 0 Å². The van der Waals surface area contributed by atoms with Gasteiger partial charge in [0.15, 0.2) is 0 Å². The quantitative estimate of drug-likeness (QED) is 0.802. The highest BCUT2D eigenvalue weighted by atomic mass is 16.3. The Balaban J connectivity index is 2.19. The number of rotatable bonds is 3. The third-order valence-electron chi connectivity index (χ3n) is 3.42. The highest BCUT2D eigenvalue weighted by molar-refractivity contribution is 5.38. The minimum Gasteiger partial charge on any atom is -0.392 e. The first-order valence-corrected chi connectivity index (χ1v) is 5.82. The number of hydrogen-bond donors (Lipinski definition) is 1. The van der Waals surface area contributed by atoms with E-state index in [1.165, 1.54) is 35.1 Å². The van der Waals surface area contributed by atoms with E-state index in [2.05, 4.69) is 32.9 Å². The van der Waals surface area contributed by atoms with Gasteiger partial charge in [-0.1, -0.05) is 17.7 Å². The van der Waals surface area contributed by atoms with Gasteiger partial charge in [-0.3, -0.25) is 0 Å². The lowest BCUT2D eigenvalue weighted by atomic mass is 9.94. The SMILES string of the molecule is Cc1cc(C)c(CC(O)C2CC2)c(C)c1. The Morgan fingerprint density at radius 3 is 2.20 bits per heavy atom. The molecule has 2 rings (SSSR count). The number of benzene rings is 1. The Bertz CT molecular complexity index is 341. The summed E-state index contributed by atoms with van der Waals surface area (Å²) in [7, 11) is 0. The average molecular weight is 204 g/mol. The van der Waals surface area contributed by atoms with Crippen molar-refractivity contribution in [3.05, 3.63) is 34.4 Å². The molecule has 1 nitrogen and oxygen atoms in total. The van der Waals surface area contributed by atoms with Crippen molar-refractivity contribution < 1.29 is 5.11 Å². The summed E-state index contributed by atoms with van der Waals surface area (Å²) in [6, 6.07) is 4.42. The second-order valence-electron chi connectivity index (χ2n) is 4.99. The van der Waals surface area contributed by atoms with Crippen molar-refractivity contribution in [3.63, 3.8) is 0 Å². The molecule has 1 aromatic carbocycles. The van der Waals surface area contributed by atoms with E-state index < -0.39 is 0 Å². The molecule has 1 aliphatic rings. The molecule has 0 bridgehead atoms. The van der Waals surface area contributed by atoms with Crippen LogP contribution in [0.25, 0.3) is 0 Å². The molecule has 1 aliphatic carbocycles. The maximum absolute atomic E-state index is 9.96. The summed E-state index contributed by atoms with van der Waals surface area (Å²) in [4.78, 5) is 0. The lowest BCUT2D eigenvalue weighted by molar-refractivity contribution is 0.151. The molecule has 0 heterocycles. The lowest BCUT2D eigenvalue weighted by Gasteiger charge is -2.15. The van der Waals surface area contributed by atoms with Gasteiger partial charge in [0, 0.05) is 0 Å². The first-order chi connectivity index (χ1) is 7.08. The summed E-state index contributed by atoms with van der Waals surface area (Å²) in [5, 5.41) is 9.96. The third kappa shape index (κ3) is 2.40. The van der Waals surface area contributed by atoms with Crippen molar-refractivity contribution in [1.82, 2.24) is 0 Å². The standard InChI is InChI=1S/C14H20O/c1-9-6-10(2)13(11(3)7-9)8-14(15)12-4-5-12/h6-7,12,14-15H,4-5,8H2,1-3H3. The normalized spacial score (nSPS) is 17.9. The van der Waals surface area contributed by atoms with Crippen LogP contribution in [0.1, 0.15) is 35.1 Å². The van der Waals surface area contributed by atoms with Crippen LogP contribution in [0.4, 0.5) is 0 Å². The van der Waals surface area contributed by atoms with Gasteiger partial charge >= 0.3 is 0 Å². The molecule has 1 fully saturated rings. The van der Waals surface area contributed by atoms with Gasteiger partial charge in [-0.2, -0.15) is 0 Å². The van der Waals surface area contributed by atoms with Gasteiger partial charge in [0.25, 0.3) is 0 Å². The van der Waals surface area contributed by atoms with Gasteiger partial charge in [-0.05, 0) is 62.6 Å². The third-order valence-corrected chi connectivity index (χ3v) is 3.42. The monoisotopic (exact) mass is 204 g/mol.